The van der Waals surface area contributed by atoms with Gasteiger partial charge in [0, 0.05) is 37.9 Å². The Morgan fingerprint density at radius 3 is 2.89 bits per heavy atom. The molecule has 146 valence electrons. The zero-order valence-electron chi connectivity index (χ0n) is 15.7. The van der Waals surface area contributed by atoms with Crippen molar-refractivity contribution in [2.24, 2.45) is 5.92 Å². The molecule has 1 aliphatic heterocycles. The average molecular weight is 374 g/mol. The van der Waals surface area contributed by atoms with Crippen molar-refractivity contribution in [2.75, 3.05) is 13.1 Å². The van der Waals surface area contributed by atoms with E-state index < -0.39 is 11.2 Å². The highest BCUT2D eigenvalue weighted by Gasteiger charge is 2.17. The number of carbonyl (C=O) groups is 1. The largest absolute Gasteiger partial charge is 0.350 e. The molecule has 2 aromatic rings. The highest BCUT2D eigenvalue weighted by molar-refractivity contribution is 5.78. The number of hydrogen-bond donors (Lipinski definition) is 3. The van der Waals surface area contributed by atoms with Crippen molar-refractivity contribution >= 4 is 5.91 Å². The molecule has 9 nitrogen and oxygen atoms in total. The van der Waals surface area contributed by atoms with E-state index >= 15 is 0 Å². The third kappa shape index (κ3) is 5.16. The van der Waals surface area contributed by atoms with Crippen LogP contribution in [0.4, 0.5) is 0 Å². The van der Waals surface area contributed by atoms with Crippen molar-refractivity contribution in [1.82, 2.24) is 30.0 Å². The predicted molar refractivity (Wildman–Crippen MR) is 100 cm³/mol. The maximum atomic E-state index is 12.1. The molecule has 1 aliphatic rings. The zero-order valence-corrected chi connectivity index (χ0v) is 15.7. The summed E-state index contributed by atoms with van der Waals surface area (Å²) in [4.78, 5) is 41.7. The van der Waals surface area contributed by atoms with Gasteiger partial charge in [0.1, 0.15) is 0 Å². The Morgan fingerprint density at radius 1 is 1.33 bits per heavy atom. The molecule has 0 spiro atoms. The van der Waals surface area contributed by atoms with E-state index in [1.54, 1.807) is 0 Å². The van der Waals surface area contributed by atoms with E-state index in [4.69, 9.17) is 0 Å². The van der Waals surface area contributed by atoms with Crippen molar-refractivity contribution in [2.45, 2.75) is 46.3 Å². The number of amides is 1. The molecule has 3 heterocycles. The lowest BCUT2D eigenvalue weighted by Crippen LogP contribution is -2.30. The van der Waals surface area contributed by atoms with Crippen molar-refractivity contribution in [1.29, 1.82) is 0 Å². The van der Waals surface area contributed by atoms with Gasteiger partial charge in [-0.2, -0.15) is 5.10 Å². The Bertz CT molecular complexity index is 910. The smallest absolute Gasteiger partial charge is 0.325 e. The van der Waals surface area contributed by atoms with Crippen molar-refractivity contribution < 1.29 is 4.79 Å². The second-order valence-electron chi connectivity index (χ2n) is 7.38. The van der Waals surface area contributed by atoms with Crippen LogP contribution in [0.25, 0.3) is 0 Å². The number of aromatic nitrogens is 4. The molecule has 0 aromatic carbocycles. The summed E-state index contributed by atoms with van der Waals surface area (Å²) in [6, 6.07) is 2.03. The summed E-state index contributed by atoms with van der Waals surface area (Å²) in [5, 5.41) is 7.38. The van der Waals surface area contributed by atoms with Gasteiger partial charge in [-0.15, -0.1) is 0 Å². The fourth-order valence-electron chi connectivity index (χ4n) is 3.34. The number of nitrogens with one attached hydrogen (secondary N) is 3. The van der Waals surface area contributed by atoms with Crippen LogP contribution in [-0.2, 0) is 30.8 Å². The summed E-state index contributed by atoms with van der Waals surface area (Å²) in [5.74, 6) is 0.325. The molecule has 3 rings (SSSR count). The summed E-state index contributed by atoms with van der Waals surface area (Å²) in [7, 11) is 0. The van der Waals surface area contributed by atoms with Gasteiger partial charge >= 0.3 is 5.69 Å². The highest BCUT2D eigenvalue weighted by atomic mass is 16.2. The van der Waals surface area contributed by atoms with E-state index in [-0.39, 0.29) is 17.9 Å². The molecule has 0 saturated heterocycles. The minimum atomic E-state index is -0.588. The van der Waals surface area contributed by atoms with Crippen LogP contribution in [0.1, 0.15) is 37.2 Å². The minimum absolute atomic E-state index is 0.0954. The minimum Gasteiger partial charge on any atom is -0.350 e. The lowest BCUT2D eigenvalue weighted by atomic mass is 10.2. The van der Waals surface area contributed by atoms with E-state index in [2.05, 4.69) is 39.1 Å². The van der Waals surface area contributed by atoms with Crippen molar-refractivity contribution in [3.05, 3.63) is 50.1 Å². The number of rotatable bonds is 6. The summed E-state index contributed by atoms with van der Waals surface area (Å²) >= 11 is 0. The molecule has 3 N–H and O–H groups in total. The third-order valence-electron chi connectivity index (χ3n) is 4.48. The maximum Gasteiger partial charge on any atom is 0.325 e. The molecule has 0 saturated carbocycles. The second-order valence-corrected chi connectivity index (χ2v) is 7.38. The lowest BCUT2D eigenvalue weighted by molar-refractivity contribution is -0.120. The first-order valence-corrected chi connectivity index (χ1v) is 9.26. The van der Waals surface area contributed by atoms with Gasteiger partial charge in [-0.25, -0.2) is 4.79 Å². The number of aromatic amines is 2. The highest BCUT2D eigenvalue weighted by Crippen LogP contribution is 2.15. The monoisotopic (exact) mass is 374 g/mol. The van der Waals surface area contributed by atoms with Crippen LogP contribution in [0.5, 0.6) is 0 Å². The number of nitrogens with zero attached hydrogens (tertiary/aromatic N) is 3. The van der Waals surface area contributed by atoms with Crippen LogP contribution in [0.2, 0.25) is 0 Å². The fourth-order valence-corrected chi connectivity index (χ4v) is 3.34. The fraction of sp³-hybridized carbons (Fsp3) is 0.556. The van der Waals surface area contributed by atoms with Crippen LogP contribution in [-0.4, -0.2) is 43.6 Å². The standard InChI is InChI=1S/C18H26N6O3/c1-12(2)10-23-4-3-5-24-15(11-23)7-14(22-24)9-19-16(25)6-13-8-20-18(27)21-17(13)26/h7-8,12H,3-6,9-11H2,1-2H3,(H,19,25)(H2,20,21,26,27). The number of fused-ring (bicyclic) bond motifs is 1. The molecule has 2 aromatic heterocycles. The van der Waals surface area contributed by atoms with E-state index in [9.17, 15) is 14.4 Å². The summed E-state index contributed by atoms with van der Waals surface area (Å²) < 4.78 is 2.02. The van der Waals surface area contributed by atoms with Gasteiger partial charge in [-0.3, -0.25) is 24.2 Å². The van der Waals surface area contributed by atoms with E-state index in [0.717, 1.165) is 44.0 Å². The van der Waals surface area contributed by atoms with Crippen LogP contribution in [0.15, 0.2) is 21.9 Å². The first kappa shape index (κ1) is 19.1. The van der Waals surface area contributed by atoms with Gasteiger partial charge in [-0.05, 0) is 18.4 Å². The quantitative estimate of drug-likeness (QED) is 0.657. The van der Waals surface area contributed by atoms with Crippen LogP contribution < -0.4 is 16.6 Å². The first-order chi connectivity index (χ1) is 12.9. The normalized spacial score (nSPS) is 14.8. The SMILES string of the molecule is CC(C)CN1CCCn2nc(CNC(=O)Cc3c[nH]c(=O)[nH]c3=O)cc2C1. The summed E-state index contributed by atoms with van der Waals surface area (Å²) in [6.45, 7) is 8.63. The van der Waals surface area contributed by atoms with Crippen molar-refractivity contribution in [3.63, 3.8) is 0 Å². The van der Waals surface area contributed by atoms with Gasteiger partial charge in [0.15, 0.2) is 0 Å². The van der Waals surface area contributed by atoms with Gasteiger partial charge < -0.3 is 10.3 Å². The molecule has 0 unspecified atom stereocenters. The molecular formula is C18H26N6O3. The molecule has 0 radical (unpaired) electrons. The molecule has 9 heteroatoms. The van der Waals surface area contributed by atoms with E-state index in [1.165, 1.54) is 6.20 Å². The Hall–Kier alpha value is -2.68. The molecular weight excluding hydrogens is 348 g/mol. The predicted octanol–water partition coefficient (Wildman–Crippen LogP) is -0.0197. The summed E-state index contributed by atoms with van der Waals surface area (Å²) in [6.07, 6.45) is 2.23. The molecule has 1 amide bonds. The van der Waals surface area contributed by atoms with Crippen LogP contribution >= 0.6 is 0 Å². The van der Waals surface area contributed by atoms with Crippen LogP contribution in [0, 0.1) is 5.92 Å². The number of aryl methyl sites for hydroxylation is 1. The Kier molecular flexibility index (Phi) is 5.90. The summed E-state index contributed by atoms with van der Waals surface area (Å²) in [5.41, 5.74) is 1.05. The van der Waals surface area contributed by atoms with E-state index in [0.29, 0.717) is 12.5 Å². The topological polar surface area (TPSA) is 116 Å². The number of carbonyl (C=O) groups excluding carboxylic acids is 1. The van der Waals surface area contributed by atoms with Crippen LogP contribution in [0.3, 0.4) is 0 Å². The zero-order chi connectivity index (χ0) is 19.4. The van der Waals surface area contributed by atoms with E-state index in [1.807, 2.05) is 10.7 Å². The molecule has 0 atom stereocenters. The van der Waals surface area contributed by atoms with Crippen molar-refractivity contribution in [3.8, 4) is 0 Å². The molecule has 0 aliphatic carbocycles. The molecule has 27 heavy (non-hydrogen) atoms. The number of hydrogen-bond acceptors (Lipinski definition) is 5. The Labute approximate surface area is 156 Å². The first-order valence-electron chi connectivity index (χ1n) is 9.26. The second kappa shape index (κ2) is 8.34. The molecule has 0 bridgehead atoms. The van der Waals surface area contributed by atoms with Gasteiger partial charge in [0.05, 0.1) is 24.4 Å². The number of H-pyrrole nitrogens is 2. The Balaban J connectivity index is 1.58. The lowest BCUT2D eigenvalue weighted by Gasteiger charge is -2.21. The molecule has 0 fully saturated rings. The van der Waals surface area contributed by atoms with Gasteiger partial charge in [0.2, 0.25) is 5.91 Å². The van der Waals surface area contributed by atoms with Gasteiger partial charge in [0.25, 0.3) is 5.56 Å². The Morgan fingerprint density at radius 2 is 2.15 bits per heavy atom. The average Bonchev–Trinajstić information content (AvgIpc) is 2.87. The third-order valence-corrected chi connectivity index (χ3v) is 4.48. The van der Waals surface area contributed by atoms with Gasteiger partial charge in [-0.1, -0.05) is 13.8 Å². The maximum absolute atomic E-state index is 12.1.